The minimum absolute atomic E-state index is 0.776. The van der Waals surface area contributed by atoms with Gasteiger partial charge in [0.1, 0.15) is 0 Å². The van der Waals surface area contributed by atoms with Crippen LogP contribution < -0.4 is 5.32 Å². The molecule has 0 aromatic rings. The molecular formula is C18H36N2. The average Bonchev–Trinajstić information content (AvgIpc) is 2.43. The van der Waals surface area contributed by atoms with Crippen LogP contribution >= 0.6 is 0 Å². The smallest absolute Gasteiger partial charge is 0.0108 e. The Hall–Kier alpha value is -0.0800. The van der Waals surface area contributed by atoms with Crippen molar-refractivity contribution in [3.63, 3.8) is 0 Å². The molecule has 2 fully saturated rings. The van der Waals surface area contributed by atoms with Crippen molar-refractivity contribution < 1.29 is 0 Å². The predicted molar refractivity (Wildman–Crippen MR) is 88.0 cm³/mol. The van der Waals surface area contributed by atoms with Crippen LogP contribution in [0.15, 0.2) is 0 Å². The summed E-state index contributed by atoms with van der Waals surface area (Å²) in [6.07, 6.45) is 10.1. The second-order valence-corrected chi connectivity index (χ2v) is 7.16. The lowest BCUT2D eigenvalue weighted by Crippen LogP contribution is -2.47. The van der Waals surface area contributed by atoms with Crippen LogP contribution in [0.25, 0.3) is 0 Å². The third-order valence-electron chi connectivity index (χ3n) is 5.82. The molecule has 0 spiro atoms. The molecule has 1 N–H and O–H groups in total. The molecule has 2 heteroatoms. The SMILES string of the molecule is CCNC1CCC(CC)CC1CN(CC)CC1CCC1. The Morgan fingerprint density at radius 1 is 0.950 bits per heavy atom. The van der Waals surface area contributed by atoms with Gasteiger partial charge in [0.05, 0.1) is 0 Å². The molecule has 0 radical (unpaired) electrons. The summed E-state index contributed by atoms with van der Waals surface area (Å²) in [5, 5.41) is 3.76. The molecule has 20 heavy (non-hydrogen) atoms. The van der Waals surface area contributed by atoms with Gasteiger partial charge in [0.2, 0.25) is 0 Å². The Morgan fingerprint density at radius 3 is 2.30 bits per heavy atom. The number of nitrogens with zero attached hydrogens (tertiary/aromatic N) is 1. The van der Waals surface area contributed by atoms with Crippen molar-refractivity contribution in [3.05, 3.63) is 0 Å². The Kier molecular flexibility index (Phi) is 6.83. The summed E-state index contributed by atoms with van der Waals surface area (Å²) in [7, 11) is 0. The van der Waals surface area contributed by atoms with Crippen molar-refractivity contribution in [2.24, 2.45) is 17.8 Å². The molecule has 2 rings (SSSR count). The van der Waals surface area contributed by atoms with Crippen LogP contribution in [0.2, 0.25) is 0 Å². The van der Waals surface area contributed by atoms with Crippen LogP contribution in [0, 0.1) is 17.8 Å². The first kappa shape index (κ1) is 16.3. The van der Waals surface area contributed by atoms with Gasteiger partial charge in [-0.1, -0.05) is 33.6 Å². The maximum atomic E-state index is 3.76. The van der Waals surface area contributed by atoms with E-state index in [1.54, 1.807) is 0 Å². The molecule has 2 nitrogen and oxygen atoms in total. The van der Waals surface area contributed by atoms with Crippen molar-refractivity contribution in [3.8, 4) is 0 Å². The molecule has 2 aliphatic rings. The molecule has 0 amide bonds. The number of hydrogen-bond donors (Lipinski definition) is 1. The van der Waals surface area contributed by atoms with Gasteiger partial charge in [0.25, 0.3) is 0 Å². The summed E-state index contributed by atoms with van der Waals surface area (Å²) in [5.74, 6) is 2.88. The first-order chi connectivity index (χ1) is 9.76. The average molecular weight is 280 g/mol. The fourth-order valence-electron chi connectivity index (χ4n) is 4.17. The molecule has 0 aromatic carbocycles. The summed E-state index contributed by atoms with van der Waals surface area (Å²) >= 11 is 0. The minimum atomic E-state index is 0.776. The zero-order valence-corrected chi connectivity index (χ0v) is 14.0. The lowest BCUT2D eigenvalue weighted by molar-refractivity contribution is 0.115. The molecule has 3 unspecified atom stereocenters. The van der Waals surface area contributed by atoms with Crippen LogP contribution in [0.3, 0.4) is 0 Å². The summed E-state index contributed by atoms with van der Waals surface area (Å²) in [6.45, 7) is 12.1. The molecule has 0 bridgehead atoms. The summed E-state index contributed by atoms with van der Waals surface area (Å²) in [5.41, 5.74) is 0. The highest BCUT2D eigenvalue weighted by molar-refractivity contribution is 4.87. The first-order valence-electron chi connectivity index (χ1n) is 9.22. The fraction of sp³-hybridized carbons (Fsp3) is 1.00. The Morgan fingerprint density at radius 2 is 1.75 bits per heavy atom. The van der Waals surface area contributed by atoms with E-state index in [1.807, 2.05) is 0 Å². The van der Waals surface area contributed by atoms with E-state index >= 15 is 0 Å². The second kappa shape index (κ2) is 8.38. The van der Waals surface area contributed by atoms with Gasteiger partial charge in [0.15, 0.2) is 0 Å². The van der Waals surface area contributed by atoms with E-state index in [0.29, 0.717) is 0 Å². The van der Waals surface area contributed by atoms with E-state index in [2.05, 4.69) is 31.0 Å². The van der Waals surface area contributed by atoms with Crippen LogP contribution in [-0.4, -0.2) is 37.1 Å². The van der Waals surface area contributed by atoms with Gasteiger partial charge in [-0.2, -0.15) is 0 Å². The van der Waals surface area contributed by atoms with Gasteiger partial charge in [-0.15, -0.1) is 0 Å². The van der Waals surface area contributed by atoms with Crippen LogP contribution in [-0.2, 0) is 0 Å². The van der Waals surface area contributed by atoms with Crippen LogP contribution in [0.1, 0.15) is 65.7 Å². The monoisotopic (exact) mass is 280 g/mol. The Balaban J connectivity index is 1.86. The van der Waals surface area contributed by atoms with Gasteiger partial charge >= 0.3 is 0 Å². The molecule has 0 saturated heterocycles. The van der Waals surface area contributed by atoms with Crippen LogP contribution in [0.4, 0.5) is 0 Å². The second-order valence-electron chi connectivity index (χ2n) is 7.16. The van der Waals surface area contributed by atoms with E-state index in [0.717, 1.165) is 30.3 Å². The lowest BCUT2D eigenvalue weighted by atomic mass is 9.76. The van der Waals surface area contributed by atoms with Crippen molar-refractivity contribution in [2.45, 2.75) is 71.8 Å². The Labute approximate surface area is 126 Å². The van der Waals surface area contributed by atoms with E-state index < -0.39 is 0 Å². The number of nitrogens with one attached hydrogen (secondary N) is 1. The highest BCUT2D eigenvalue weighted by atomic mass is 15.1. The first-order valence-corrected chi connectivity index (χ1v) is 9.22. The number of rotatable bonds is 8. The zero-order valence-electron chi connectivity index (χ0n) is 14.0. The molecule has 0 aromatic heterocycles. The maximum absolute atomic E-state index is 3.76. The quantitative estimate of drug-likeness (QED) is 0.725. The summed E-state index contributed by atoms with van der Waals surface area (Å²) in [6, 6.07) is 0.776. The fourth-order valence-corrected chi connectivity index (χ4v) is 4.17. The van der Waals surface area contributed by atoms with Crippen LogP contribution in [0.5, 0.6) is 0 Å². The Bertz CT molecular complexity index is 262. The van der Waals surface area contributed by atoms with Crippen molar-refractivity contribution in [1.29, 1.82) is 0 Å². The van der Waals surface area contributed by atoms with Gasteiger partial charge in [0, 0.05) is 19.1 Å². The summed E-state index contributed by atoms with van der Waals surface area (Å²) in [4.78, 5) is 2.75. The highest BCUT2D eigenvalue weighted by Crippen LogP contribution is 2.33. The molecule has 3 atom stereocenters. The molecular weight excluding hydrogens is 244 g/mol. The van der Waals surface area contributed by atoms with Gasteiger partial charge in [-0.05, 0) is 62.9 Å². The largest absolute Gasteiger partial charge is 0.314 e. The van der Waals surface area contributed by atoms with E-state index in [1.165, 1.54) is 64.6 Å². The maximum Gasteiger partial charge on any atom is 0.0108 e. The molecule has 2 saturated carbocycles. The molecule has 118 valence electrons. The predicted octanol–water partition coefficient (Wildman–Crippen LogP) is 3.91. The van der Waals surface area contributed by atoms with Crippen molar-refractivity contribution in [1.82, 2.24) is 10.2 Å². The lowest BCUT2D eigenvalue weighted by Gasteiger charge is -2.40. The van der Waals surface area contributed by atoms with E-state index in [4.69, 9.17) is 0 Å². The van der Waals surface area contributed by atoms with E-state index in [-0.39, 0.29) is 0 Å². The molecule has 0 heterocycles. The van der Waals surface area contributed by atoms with Crippen molar-refractivity contribution in [2.75, 3.05) is 26.2 Å². The van der Waals surface area contributed by atoms with Gasteiger partial charge in [-0.3, -0.25) is 0 Å². The minimum Gasteiger partial charge on any atom is -0.314 e. The van der Waals surface area contributed by atoms with E-state index in [9.17, 15) is 0 Å². The summed E-state index contributed by atoms with van der Waals surface area (Å²) < 4.78 is 0. The standard InChI is InChI=1S/C18H36N2/c1-4-15-10-11-18(19-5-2)17(12-15)14-20(6-3)13-16-8-7-9-16/h15-19H,4-14H2,1-3H3. The normalized spacial score (nSPS) is 31.5. The van der Waals surface area contributed by atoms with Gasteiger partial charge in [-0.25, -0.2) is 0 Å². The molecule has 0 aliphatic heterocycles. The highest BCUT2D eigenvalue weighted by Gasteiger charge is 2.31. The third kappa shape index (κ3) is 4.46. The molecule has 2 aliphatic carbocycles. The number of hydrogen-bond acceptors (Lipinski definition) is 2. The topological polar surface area (TPSA) is 15.3 Å². The third-order valence-corrected chi connectivity index (χ3v) is 5.82. The zero-order chi connectivity index (χ0) is 14.4. The van der Waals surface area contributed by atoms with Crippen molar-refractivity contribution >= 4 is 0 Å². The van der Waals surface area contributed by atoms with Gasteiger partial charge < -0.3 is 10.2 Å².